The molecule has 3 atom stereocenters. The zero-order valence-corrected chi connectivity index (χ0v) is 11.9. The van der Waals surface area contributed by atoms with Gasteiger partial charge in [0, 0.05) is 6.61 Å². The third kappa shape index (κ3) is 3.02. The van der Waals surface area contributed by atoms with Gasteiger partial charge in [-0.2, -0.15) is 0 Å². The number of rotatable bonds is 5. The van der Waals surface area contributed by atoms with Gasteiger partial charge in [0.1, 0.15) is 12.1 Å². The highest BCUT2D eigenvalue weighted by Crippen LogP contribution is 2.18. The van der Waals surface area contributed by atoms with Crippen molar-refractivity contribution in [2.45, 2.75) is 52.7 Å². The Hall–Kier alpha value is -1.10. The topological polar surface area (TPSA) is 58.6 Å². The van der Waals surface area contributed by atoms with E-state index in [-0.39, 0.29) is 23.8 Å². The number of ether oxygens (including phenoxy) is 1. The summed E-state index contributed by atoms with van der Waals surface area (Å²) in [5.74, 6) is -0.00306. The quantitative estimate of drug-likeness (QED) is 0.791. The third-order valence-corrected chi connectivity index (χ3v) is 3.32. The SMILES string of the molecule is CCOCC(C)N1C(=O)C(C(C)C)NC(=O)C1C. The number of hydrogen-bond donors (Lipinski definition) is 1. The number of carbonyl (C=O) groups excluding carboxylic acids is 2. The Morgan fingerprint density at radius 2 is 1.94 bits per heavy atom. The van der Waals surface area contributed by atoms with E-state index in [0.717, 1.165) is 0 Å². The molecule has 0 aliphatic carbocycles. The summed E-state index contributed by atoms with van der Waals surface area (Å²) >= 11 is 0. The van der Waals surface area contributed by atoms with Crippen LogP contribution in [-0.2, 0) is 14.3 Å². The summed E-state index contributed by atoms with van der Waals surface area (Å²) in [6.07, 6.45) is 0. The molecule has 104 valence electrons. The standard InChI is InChI=1S/C13H24N2O3/c1-6-18-7-9(4)15-10(5)12(16)14-11(8(2)3)13(15)17/h8-11H,6-7H2,1-5H3,(H,14,16). The summed E-state index contributed by atoms with van der Waals surface area (Å²) in [5, 5.41) is 2.79. The fourth-order valence-corrected chi connectivity index (χ4v) is 2.23. The van der Waals surface area contributed by atoms with Gasteiger partial charge in [0.25, 0.3) is 0 Å². The Balaban J connectivity index is 2.84. The van der Waals surface area contributed by atoms with E-state index in [1.165, 1.54) is 0 Å². The van der Waals surface area contributed by atoms with Gasteiger partial charge in [0.15, 0.2) is 0 Å². The van der Waals surface area contributed by atoms with Crippen LogP contribution in [0, 0.1) is 5.92 Å². The monoisotopic (exact) mass is 256 g/mol. The predicted molar refractivity (Wildman–Crippen MR) is 69.0 cm³/mol. The molecule has 1 N–H and O–H groups in total. The van der Waals surface area contributed by atoms with Gasteiger partial charge in [-0.05, 0) is 26.7 Å². The lowest BCUT2D eigenvalue weighted by Crippen LogP contribution is -2.66. The molecule has 0 aromatic carbocycles. The van der Waals surface area contributed by atoms with Crippen LogP contribution in [0.15, 0.2) is 0 Å². The first-order chi connectivity index (χ1) is 8.40. The molecule has 1 aliphatic heterocycles. The number of piperazine rings is 1. The molecule has 5 heteroatoms. The highest BCUT2D eigenvalue weighted by Gasteiger charge is 2.41. The molecule has 1 fully saturated rings. The lowest BCUT2D eigenvalue weighted by atomic mass is 9.97. The maximum Gasteiger partial charge on any atom is 0.246 e. The normalized spacial score (nSPS) is 26.4. The molecular formula is C13H24N2O3. The molecular weight excluding hydrogens is 232 g/mol. The highest BCUT2D eigenvalue weighted by molar-refractivity contribution is 5.97. The summed E-state index contributed by atoms with van der Waals surface area (Å²) in [6.45, 7) is 10.5. The molecule has 1 aliphatic rings. The maximum atomic E-state index is 12.4. The van der Waals surface area contributed by atoms with Gasteiger partial charge in [-0.3, -0.25) is 9.59 Å². The lowest BCUT2D eigenvalue weighted by Gasteiger charge is -2.42. The Morgan fingerprint density at radius 1 is 1.33 bits per heavy atom. The Bertz CT molecular complexity index is 317. The van der Waals surface area contributed by atoms with Crippen LogP contribution in [0.1, 0.15) is 34.6 Å². The van der Waals surface area contributed by atoms with Gasteiger partial charge < -0.3 is 15.0 Å². The van der Waals surface area contributed by atoms with Crippen molar-refractivity contribution in [3.63, 3.8) is 0 Å². The summed E-state index contributed by atoms with van der Waals surface area (Å²) in [4.78, 5) is 25.9. The minimum absolute atomic E-state index is 0.00990. The van der Waals surface area contributed by atoms with Crippen LogP contribution in [0.5, 0.6) is 0 Å². The van der Waals surface area contributed by atoms with E-state index in [1.807, 2.05) is 27.7 Å². The number of nitrogens with zero attached hydrogens (tertiary/aromatic N) is 1. The van der Waals surface area contributed by atoms with Crippen molar-refractivity contribution in [3.05, 3.63) is 0 Å². The van der Waals surface area contributed by atoms with Crippen LogP contribution in [0.4, 0.5) is 0 Å². The fourth-order valence-electron chi connectivity index (χ4n) is 2.23. The average molecular weight is 256 g/mol. The van der Waals surface area contributed by atoms with E-state index < -0.39 is 12.1 Å². The van der Waals surface area contributed by atoms with Crippen molar-refractivity contribution < 1.29 is 14.3 Å². The summed E-state index contributed by atoms with van der Waals surface area (Å²) in [5.41, 5.74) is 0. The summed E-state index contributed by atoms with van der Waals surface area (Å²) in [7, 11) is 0. The van der Waals surface area contributed by atoms with Crippen LogP contribution in [0.2, 0.25) is 0 Å². The Labute approximate surface area is 109 Å². The van der Waals surface area contributed by atoms with Crippen molar-refractivity contribution in [1.82, 2.24) is 10.2 Å². The molecule has 18 heavy (non-hydrogen) atoms. The van der Waals surface area contributed by atoms with Crippen LogP contribution < -0.4 is 5.32 Å². The van der Waals surface area contributed by atoms with Gasteiger partial charge in [-0.15, -0.1) is 0 Å². The van der Waals surface area contributed by atoms with Crippen LogP contribution >= 0.6 is 0 Å². The van der Waals surface area contributed by atoms with Crippen molar-refractivity contribution in [2.24, 2.45) is 5.92 Å². The molecule has 5 nitrogen and oxygen atoms in total. The molecule has 0 aromatic heterocycles. The van der Waals surface area contributed by atoms with Gasteiger partial charge in [0.05, 0.1) is 12.6 Å². The smallest absolute Gasteiger partial charge is 0.246 e. The van der Waals surface area contributed by atoms with E-state index in [4.69, 9.17) is 4.74 Å². The molecule has 0 spiro atoms. The molecule has 1 heterocycles. The minimum Gasteiger partial charge on any atom is -0.380 e. The zero-order valence-electron chi connectivity index (χ0n) is 11.9. The predicted octanol–water partition coefficient (Wildman–Crippen LogP) is 0.783. The lowest BCUT2D eigenvalue weighted by molar-refractivity contribution is -0.153. The van der Waals surface area contributed by atoms with Gasteiger partial charge in [-0.25, -0.2) is 0 Å². The molecule has 1 saturated heterocycles. The van der Waals surface area contributed by atoms with Gasteiger partial charge >= 0.3 is 0 Å². The molecule has 0 aromatic rings. The van der Waals surface area contributed by atoms with E-state index in [2.05, 4.69) is 5.32 Å². The van der Waals surface area contributed by atoms with E-state index in [9.17, 15) is 9.59 Å². The summed E-state index contributed by atoms with van der Waals surface area (Å²) in [6, 6.07) is -0.930. The van der Waals surface area contributed by atoms with Gasteiger partial charge in [-0.1, -0.05) is 13.8 Å². The molecule has 0 radical (unpaired) electrons. The number of amides is 2. The first-order valence-corrected chi connectivity index (χ1v) is 6.60. The van der Waals surface area contributed by atoms with Crippen LogP contribution in [-0.4, -0.2) is 48.1 Å². The van der Waals surface area contributed by atoms with E-state index in [0.29, 0.717) is 13.2 Å². The van der Waals surface area contributed by atoms with Crippen molar-refractivity contribution in [2.75, 3.05) is 13.2 Å². The summed E-state index contributed by atoms with van der Waals surface area (Å²) < 4.78 is 5.35. The van der Waals surface area contributed by atoms with Crippen LogP contribution in [0.3, 0.4) is 0 Å². The molecule has 2 amide bonds. The average Bonchev–Trinajstić information content (AvgIpc) is 2.31. The number of hydrogen-bond acceptors (Lipinski definition) is 3. The first kappa shape index (κ1) is 15.0. The molecule has 1 rings (SSSR count). The van der Waals surface area contributed by atoms with Gasteiger partial charge in [0.2, 0.25) is 11.8 Å². The Kier molecular flexibility index (Phi) is 5.14. The van der Waals surface area contributed by atoms with Crippen molar-refractivity contribution >= 4 is 11.8 Å². The minimum atomic E-state index is -0.428. The van der Waals surface area contributed by atoms with Crippen molar-refractivity contribution in [3.8, 4) is 0 Å². The molecule has 0 bridgehead atoms. The highest BCUT2D eigenvalue weighted by atomic mass is 16.5. The molecule has 0 saturated carbocycles. The van der Waals surface area contributed by atoms with Crippen molar-refractivity contribution in [1.29, 1.82) is 0 Å². The Morgan fingerprint density at radius 3 is 2.44 bits per heavy atom. The second-order valence-corrected chi connectivity index (χ2v) is 5.16. The molecule has 3 unspecified atom stereocenters. The van der Waals surface area contributed by atoms with Crippen LogP contribution in [0.25, 0.3) is 0 Å². The fraction of sp³-hybridized carbons (Fsp3) is 0.846. The number of nitrogens with one attached hydrogen (secondary N) is 1. The third-order valence-electron chi connectivity index (χ3n) is 3.32. The second-order valence-electron chi connectivity index (χ2n) is 5.16. The van der Waals surface area contributed by atoms with E-state index >= 15 is 0 Å². The second kappa shape index (κ2) is 6.18. The first-order valence-electron chi connectivity index (χ1n) is 6.60. The largest absolute Gasteiger partial charge is 0.380 e. The number of carbonyl (C=O) groups is 2. The zero-order chi connectivity index (χ0) is 13.9. The maximum absolute atomic E-state index is 12.4. The van der Waals surface area contributed by atoms with E-state index in [1.54, 1.807) is 11.8 Å².